The number of aromatic nitrogens is 1. The van der Waals surface area contributed by atoms with Gasteiger partial charge in [0.25, 0.3) is 0 Å². The maximum atomic E-state index is 11.4. The third-order valence-corrected chi connectivity index (χ3v) is 4.31. The third kappa shape index (κ3) is 5.12. The lowest BCUT2D eigenvalue weighted by Gasteiger charge is -2.10. The van der Waals surface area contributed by atoms with Crippen LogP contribution in [0.5, 0.6) is 0 Å². The molecule has 5 nitrogen and oxygen atoms in total. The predicted octanol–water partition coefficient (Wildman–Crippen LogP) is 4.36. The first kappa shape index (κ1) is 19.0. The summed E-state index contributed by atoms with van der Waals surface area (Å²) in [5.74, 6) is -0.919. The van der Waals surface area contributed by atoms with Crippen LogP contribution in [0, 0.1) is 6.92 Å². The highest BCUT2D eigenvalue weighted by Gasteiger charge is 2.12. The molecule has 1 heterocycles. The topological polar surface area (TPSA) is 68.7 Å². The SMILES string of the molecule is Cc1cccc(COCCCOCc2ccc3ccccc3n2)c1C(=O)O. The van der Waals surface area contributed by atoms with Gasteiger partial charge in [-0.15, -0.1) is 0 Å². The number of para-hydroxylation sites is 1. The van der Waals surface area contributed by atoms with Crippen molar-refractivity contribution in [2.45, 2.75) is 26.6 Å². The van der Waals surface area contributed by atoms with Crippen LogP contribution in [0.25, 0.3) is 10.9 Å². The molecule has 0 saturated carbocycles. The molecule has 0 aliphatic carbocycles. The summed E-state index contributed by atoms with van der Waals surface area (Å²) in [6, 6.07) is 17.4. The van der Waals surface area contributed by atoms with Crippen molar-refractivity contribution in [1.82, 2.24) is 4.98 Å². The average Bonchev–Trinajstić information content (AvgIpc) is 2.67. The van der Waals surface area contributed by atoms with Gasteiger partial charge >= 0.3 is 5.97 Å². The van der Waals surface area contributed by atoms with E-state index >= 15 is 0 Å². The van der Waals surface area contributed by atoms with Crippen LogP contribution >= 0.6 is 0 Å². The van der Waals surface area contributed by atoms with Gasteiger partial charge in [0.1, 0.15) is 0 Å². The molecule has 0 atom stereocenters. The van der Waals surface area contributed by atoms with Gasteiger partial charge in [0, 0.05) is 18.6 Å². The highest BCUT2D eigenvalue weighted by molar-refractivity contribution is 5.91. The Labute approximate surface area is 158 Å². The molecule has 1 aromatic heterocycles. The van der Waals surface area contributed by atoms with E-state index in [1.54, 1.807) is 19.1 Å². The van der Waals surface area contributed by atoms with Crippen LogP contribution in [-0.4, -0.2) is 29.3 Å². The number of rotatable bonds is 9. The molecule has 0 saturated heterocycles. The van der Waals surface area contributed by atoms with Crippen molar-refractivity contribution in [2.24, 2.45) is 0 Å². The molecule has 5 heteroatoms. The van der Waals surface area contributed by atoms with Crippen LogP contribution in [-0.2, 0) is 22.7 Å². The molecule has 140 valence electrons. The molecular formula is C22H23NO4. The van der Waals surface area contributed by atoms with Gasteiger partial charge in [0.2, 0.25) is 0 Å². The second kappa shape index (κ2) is 9.26. The van der Waals surface area contributed by atoms with Crippen molar-refractivity contribution in [2.75, 3.05) is 13.2 Å². The molecule has 0 fully saturated rings. The number of pyridine rings is 1. The fourth-order valence-corrected chi connectivity index (χ4v) is 2.97. The molecule has 1 N–H and O–H groups in total. The summed E-state index contributed by atoms with van der Waals surface area (Å²) in [5, 5.41) is 10.4. The molecule has 0 unspecified atom stereocenters. The third-order valence-electron chi connectivity index (χ3n) is 4.31. The molecule has 0 amide bonds. The van der Waals surface area contributed by atoms with Crippen LogP contribution in [0.4, 0.5) is 0 Å². The number of carboxylic acids is 1. The highest BCUT2D eigenvalue weighted by atomic mass is 16.5. The van der Waals surface area contributed by atoms with E-state index in [9.17, 15) is 9.90 Å². The minimum Gasteiger partial charge on any atom is -0.478 e. The minimum atomic E-state index is -0.919. The number of hydrogen-bond donors (Lipinski definition) is 1. The molecule has 0 radical (unpaired) electrons. The first-order chi connectivity index (χ1) is 13.1. The van der Waals surface area contributed by atoms with Gasteiger partial charge in [-0.05, 0) is 36.6 Å². The number of carbonyl (C=O) groups is 1. The normalized spacial score (nSPS) is 11.0. The van der Waals surface area contributed by atoms with Crippen LogP contribution < -0.4 is 0 Å². The van der Waals surface area contributed by atoms with E-state index in [0.29, 0.717) is 30.9 Å². The summed E-state index contributed by atoms with van der Waals surface area (Å²) in [5.41, 5.74) is 3.64. The number of aryl methyl sites for hydroxylation is 1. The maximum Gasteiger partial charge on any atom is 0.336 e. The Kier molecular flexibility index (Phi) is 6.52. The Balaban J connectivity index is 1.38. The Morgan fingerprint density at radius 3 is 2.56 bits per heavy atom. The molecule has 0 aliphatic rings. The molecule has 3 aromatic rings. The van der Waals surface area contributed by atoms with Gasteiger partial charge in [0.15, 0.2) is 0 Å². The quantitative estimate of drug-likeness (QED) is 0.571. The number of nitrogens with zero attached hydrogens (tertiary/aromatic N) is 1. The van der Waals surface area contributed by atoms with Crippen molar-refractivity contribution in [3.8, 4) is 0 Å². The lowest BCUT2D eigenvalue weighted by Crippen LogP contribution is -2.08. The Bertz CT molecular complexity index is 923. The zero-order valence-corrected chi connectivity index (χ0v) is 15.4. The van der Waals surface area contributed by atoms with Crippen molar-refractivity contribution in [3.63, 3.8) is 0 Å². The van der Waals surface area contributed by atoms with Crippen LogP contribution in [0.2, 0.25) is 0 Å². The molecule has 0 bridgehead atoms. The highest BCUT2D eigenvalue weighted by Crippen LogP contribution is 2.15. The van der Waals surface area contributed by atoms with Crippen molar-refractivity contribution in [3.05, 3.63) is 77.0 Å². The van der Waals surface area contributed by atoms with Gasteiger partial charge in [-0.3, -0.25) is 4.98 Å². The zero-order chi connectivity index (χ0) is 19.1. The van der Waals surface area contributed by atoms with E-state index in [4.69, 9.17) is 9.47 Å². The van der Waals surface area contributed by atoms with E-state index < -0.39 is 5.97 Å². The van der Waals surface area contributed by atoms with Gasteiger partial charge < -0.3 is 14.6 Å². The minimum absolute atomic E-state index is 0.287. The average molecular weight is 365 g/mol. The standard InChI is InChI=1S/C22H23NO4/c1-16-6-4-8-18(21(16)22(24)25)14-26-12-5-13-27-15-19-11-10-17-7-2-3-9-20(17)23-19/h2-4,6-11H,5,12-15H2,1H3,(H,24,25). The molecular weight excluding hydrogens is 342 g/mol. The molecule has 0 aliphatic heterocycles. The summed E-state index contributed by atoms with van der Waals surface area (Å²) in [6.07, 6.45) is 0.738. The van der Waals surface area contributed by atoms with Crippen LogP contribution in [0.15, 0.2) is 54.6 Å². The van der Waals surface area contributed by atoms with Crippen LogP contribution in [0.1, 0.15) is 33.6 Å². The number of ether oxygens (including phenoxy) is 2. The fourth-order valence-electron chi connectivity index (χ4n) is 2.97. The second-order valence-corrected chi connectivity index (χ2v) is 6.37. The van der Waals surface area contributed by atoms with Crippen molar-refractivity contribution < 1.29 is 19.4 Å². The van der Waals surface area contributed by atoms with Gasteiger partial charge in [0.05, 0.1) is 30.0 Å². The van der Waals surface area contributed by atoms with Crippen molar-refractivity contribution >= 4 is 16.9 Å². The lowest BCUT2D eigenvalue weighted by atomic mass is 10.0. The summed E-state index contributed by atoms with van der Waals surface area (Å²) < 4.78 is 11.3. The van der Waals surface area contributed by atoms with E-state index in [1.807, 2.05) is 42.5 Å². The Hall–Kier alpha value is -2.76. The van der Waals surface area contributed by atoms with E-state index in [1.165, 1.54) is 0 Å². The summed E-state index contributed by atoms with van der Waals surface area (Å²) >= 11 is 0. The number of hydrogen-bond acceptors (Lipinski definition) is 4. The first-order valence-electron chi connectivity index (χ1n) is 8.97. The van der Waals surface area contributed by atoms with E-state index in [-0.39, 0.29) is 6.61 Å². The van der Waals surface area contributed by atoms with Crippen LogP contribution in [0.3, 0.4) is 0 Å². The predicted molar refractivity (Wildman–Crippen MR) is 104 cm³/mol. The number of fused-ring (bicyclic) bond motifs is 1. The molecule has 2 aromatic carbocycles. The lowest BCUT2D eigenvalue weighted by molar-refractivity contribution is 0.0641. The summed E-state index contributed by atoms with van der Waals surface area (Å²) in [6.45, 7) is 3.62. The van der Waals surface area contributed by atoms with Gasteiger partial charge in [-0.2, -0.15) is 0 Å². The number of benzene rings is 2. The monoisotopic (exact) mass is 365 g/mol. The molecule has 3 rings (SSSR count). The second-order valence-electron chi connectivity index (χ2n) is 6.37. The summed E-state index contributed by atoms with van der Waals surface area (Å²) in [7, 11) is 0. The van der Waals surface area contributed by atoms with Crippen molar-refractivity contribution in [1.29, 1.82) is 0 Å². The first-order valence-corrected chi connectivity index (χ1v) is 8.97. The number of carboxylic acid groups (broad SMARTS) is 1. The Morgan fingerprint density at radius 1 is 0.963 bits per heavy atom. The van der Waals surface area contributed by atoms with Gasteiger partial charge in [-0.1, -0.05) is 42.5 Å². The van der Waals surface area contributed by atoms with Gasteiger partial charge in [-0.25, -0.2) is 4.79 Å². The zero-order valence-electron chi connectivity index (χ0n) is 15.4. The molecule has 0 spiro atoms. The largest absolute Gasteiger partial charge is 0.478 e. The fraction of sp³-hybridized carbons (Fsp3) is 0.273. The Morgan fingerprint density at radius 2 is 1.74 bits per heavy atom. The number of aromatic carboxylic acids is 1. The van der Waals surface area contributed by atoms with E-state index in [2.05, 4.69) is 4.98 Å². The summed E-state index contributed by atoms with van der Waals surface area (Å²) in [4.78, 5) is 15.9. The smallest absolute Gasteiger partial charge is 0.336 e. The maximum absolute atomic E-state index is 11.4. The van der Waals surface area contributed by atoms with E-state index in [0.717, 1.165) is 28.6 Å². The molecule has 27 heavy (non-hydrogen) atoms.